The van der Waals surface area contributed by atoms with Gasteiger partial charge in [0.2, 0.25) is 0 Å². The molecule has 3 amide bonds. The molecular formula is C26H41N5O5. The number of piperidine rings is 1. The first-order valence-electron chi connectivity index (χ1n) is 13.2. The summed E-state index contributed by atoms with van der Waals surface area (Å²) in [5.74, 6) is 1.18. The Morgan fingerprint density at radius 1 is 1.03 bits per heavy atom. The molecular weight excluding hydrogens is 462 g/mol. The average molecular weight is 504 g/mol. The van der Waals surface area contributed by atoms with Gasteiger partial charge in [0.15, 0.2) is 0 Å². The number of amides is 3. The lowest BCUT2D eigenvalue weighted by atomic mass is 9.96. The standard InChI is InChI=1S/C26H41N5O5/c1-26(2,3)36-25(33)30-10-6-20(7-11-30)19-31(24(32)28-21-8-14-34-15-9-21)22-4-5-23(27-18-22)29-12-16-35-17-13-29/h4-5,18,20-21H,6-17,19H2,1-3H3,(H,28,32). The van der Waals surface area contributed by atoms with Crippen molar-refractivity contribution in [1.82, 2.24) is 15.2 Å². The van der Waals surface area contributed by atoms with E-state index in [1.165, 1.54) is 0 Å². The third kappa shape index (κ3) is 7.46. The number of aromatic nitrogens is 1. The predicted molar refractivity (Wildman–Crippen MR) is 138 cm³/mol. The topological polar surface area (TPSA) is 96.5 Å². The number of nitrogens with zero attached hydrogens (tertiary/aromatic N) is 4. The summed E-state index contributed by atoms with van der Waals surface area (Å²) in [5.41, 5.74) is 0.277. The van der Waals surface area contributed by atoms with Crippen LogP contribution in [0.5, 0.6) is 0 Å². The smallest absolute Gasteiger partial charge is 0.410 e. The first-order valence-corrected chi connectivity index (χ1v) is 13.2. The Balaban J connectivity index is 1.41. The summed E-state index contributed by atoms with van der Waals surface area (Å²) >= 11 is 0. The van der Waals surface area contributed by atoms with Gasteiger partial charge in [0.1, 0.15) is 11.4 Å². The number of nitrogens with one attached hydrogen (secondary N) is 1. The Morgan fingerprint density at radius 2 is 1.69 bits per heavy atom. The van der Waals surface area contributed by atoms with Crippen LogP contribution in [0.4, 0.5) is 21.1 Å². The highest BCUT2D eigenvalue weighted by Crippen LogP contribution is 2.25. The number of morpholine rings is 1. The fraction of sp³-hybridized carbons (Fsp3) is 0.731. The van der Waals surface area contributed by atoms with E-state index in [0.29, 0.717) is 46.1 Å². The van der Waals surface area contributed by atoms with E-state index < -0.39 is 5.60 Å². The van der Waals surface area contributed by atoms with Crippen LogP contribution in [0.25, 0.3) is 0 Å². The molecule has 1 aromatic rings. The lowest BCUT2D eigenvalue weighted by Crippen LogP contribution is -2.50. The molecule has 4 rings (SSSR count). The van der Waals surface area contributed by atoms with Crippen molar-refractivity contribution in [3.05, 3.63) is 18.3 Å². The van der Waals surface area contributed by atoms with Crippen LogP contribution in [0.15, 0.2) is 18.3 Å². The van der Waals surface area contributed by atoms with Crippen LogP contribution in [0, 0.1) is 5.92 Å². The van der Waals surface area contributed by atoms with E-state index in [2.05, 4.69) is 15.2 Å². The minimum atomic E-state index is -0.507. The van der Waals surface area contributed by atoms with Gasteiger partial charge in [-0.25, -0.2) is 14.6 Å². The van der Waals surface area contributed by atoms with Gasteiger partial charge in [-0.3, -0.25) is 4.90 Å². The zero-order valence-electron chi connectivity index (χ0n) is 21.9. The molecule has 36 heavy (non-hydrogen) atoms. The van der Waals surface area contributed by atoms with Crippen molar-refractivity contribution >= 4 is 23.6 Å². The minimum Gasteiger partial charge on any atom is -0.444 e. The number of anilines is 2. The first-order chi connectivity index (χ1) is 17.3. The van der Waals surface area contributed by atoms with Gasteiger partial charge in [0.05, 0.1) is 25.1 Å². The van der Waals surface area contributed by atoms with Gasteiger partial charge in [-0.15, -0.1) is 0 Å². The number of carbonyl (C=O) groups is 2. The third-order valence-electron chi connectivity index (χ3n) is 6.88. The normalized spacial score (nSPS) is 20.2. The summed E-state index contributed by atoms with van der Waals surface area (Å²) in [6.45, 7) is 11.8. The molecule has 0 aliphatic carbocycles. The van der Waals surface area contributed by atoms with Gasteiger partial charge < -0.3 is 29.3 Å². The Labute approximate surface area is 214 Å². The summed E-state index contributed by atoms with van der Waals surface area (Å²) in [6.07, 6.45) is 4.81. The Hall–Kier alpha value is -2.59. The fourth-order valence-electron chi connectivity index (χ4n) is 4.80. The predicted octanol–water partition coefficient (Wildman–Crippen LogP) is 3.26. The molecule has 3 saturated heterocycles. The summed E-state index contributed by atoms with van der Waals surface area (Å²) in [7, 11) is 0. The van der Waals surface area contributed by atoms with Crippen molar-refractivity contribution in [2.24, 2.45) is 5.92 Å². The largest absolute Gasteiger partial charge is 0.444 e. The van der Waals surface area contributed by atoms with Gasteiger partial charge in [0.25, 0.3) is 0 Å². The molecule has 3 aliphatic rings. The molecule has 0 spiro atoms. The second kappa shape index (κ2) is 12.1. The van der Waals surface area contributed by atoms with Crippen LogP contribution >= 0.6 is 0 Å². The summed E-state index contributed by atoms with van der Waals surface area (Å²) < 4.78 is 16.4. The number of hydrogen-bond donors (Lipinski definition) is 1. The second-order valence-electron chi connectivity index (χ2n) is 10.8. The molecule has 10 nitrogen and oxygen atoms in total. The van der Waals surface area contributed by atoms with Crippen molar-refractivity contribution in [2.75, 3.05) is 69.0 Å². The zero-order valence-corrected chi connectivity index (χ0v) is 21.9. The molecule has 1 N–H and O–H groups in total. The Kier molecular flexibility index (Phi) is 8.90. The van der Waals surface area contributed by atoms with Crippen molar-refractivity contribution in [3.8, 4) is 0 Å². The van der Waals surface area contributed by atoms with Crippen molar-refractivity contribution < 1.29 is 23.8 Å². The average Bonchev–Trinajstić information content (AvgIpc) is 2.88. The van der Waals surface area contributed by atoms with Gasteiger partial charge in [-0.2, -0.15) is 0 Å². The highest BCUT2D eigenvalue weighted by Gasteiger charge is 2.30. The van der Waals surface area contributed by atoms with E-state index in [1.54, 1.807) is 11.1 Å². The minimum absolute atomic E-state index is 0.0996. The number of pyridine rings is 1. The number of rotatable bonds is 5. The van der Waals surface area contributed by atoms with E-state index in [1.807, 2.05) is 37.8 Å². The first kappa shape index (κ1) is 26.5. The molecule has 1 aromatic heterocycles. The van der Waals surface area contributed by atoms with E-state index in [0.717, 1.165) is 50.3 Å². The van der Waals surface area contributed by atoms with Crippen LogP contribution < -0.4 is 15.1 Å². The maximum Gasteiger partial charge on any atom is 0.410 e. The van der Waals surface area contributed by atoms with Crippen molar-refractivity contribution in [1.29, 1.82) is 0 Å². The molecule has 0 saturated carbocycles. The quantitative estimate of drug-likeness (QED) is 0.659. The molecule has 0 atom stereocenters. The van der Waals surface area contributed by atoms with E-state index in [4.69, 9.17) is 14.2 Å². The third-order valence-corrected chi connectivity index (χ3v) is 6.88. The summed E-state index contributed by atoms with van der Waals surface area (Å²) in [4.78, 5) is 36.4. The highest BCUT2D eigenvalue weighted by atomic mass is 16.6. The number of carbonyl (C=O) groups excluding carboxylic acids is 2. The molecule has 0 unspecified atom stereocenters. The van der Waals surface area contributed by atoms with Gasteiger partial charge in [-0.05, 0) is 64.5 Å². The number of urea groups is 1. The molecule has 10 heteroatoms. The van der Waals surface area contributed by atoms with Gasteiger partial charge in [0, 0.05) is 52.0 Å². The maximum atomic E-state index is 13.4. The van der Waals surface area contributed by atoms with Crippen molar-refractivity contribution in [3.63, 3.8) is 0 Å². The van der Waals surface area contributed by atoms with Gasteiger partial charge in [-0.1, -0.05) is 0 Å². The van der Waals surface area contributed by atoms with Crippen molar-refractivity contribution in [2.45, 2.75) is 58.1 Å². The molecule has 200 valence electrons. The SMILES string of the molecule is CC(C)(C)OC(=O)N1CCC(CN(C(=O)NC2CCOCC2)c2ccc(N3CCOCC3)nc2)CC1. The van der Waals surface area contributed by atoms with E-state index >= 15 is 0 Å². The Morgan fingerprint density at radius 3 is 2.31 bits per heavy atom. The second-order valence-corrected chi connectivity index (χ2v) is 10.8. The Bertz CT molecular complexity index is 854. The number of ether oxygens (including phenoxy) is 3. The zero-order chi connectivity index (χ0) is 25.5. The fourth-order valence-corrected chi connectivity index (χ4v) is 4.80. The van der Waals surface area contributed by atoms with Crippen LogP contribution in [0.3, 0.4) is 0 Å². The molecule has 3 fully saturated rings. The molecule has 3 aliphatic heterocycles. The van der Waals surface area contributed by atoms with Crippen LogP contribution in [-0.4, -0.2) is 92.8 Å². The van der Waals surface area contributed by atoms with Gasteiger partial charge >= 0.3 is 12.1 Å². The summed E-state index contributed by atoms with van der Waals surface area (Å²) in [5, 5.41) is 3.21. The maximum absolute atomic E-state index is 13.4. The molecule has 0 bridgehead atoms. The van der Waals surface area contributed by atoms with Crippen LogP contribution in [0.1, 0.15) is 46.5 Å². The lowest BCUT2D eigenvalue weighted by Gasteiger charge is -2.36. The number of likely N-dealkylation sites (tertiary alicyclic amines) is 1. The molecule has 0 radical (unpaired) electrons. The van der Waals surface area contributed by atoms with Crippen LogP contribution in [0.2, 0.25) is 0 Å². The van der Waals surface area contributed by atoms with E-state index in [9.17, 15) is 9.59 Å². The molecule has 4 heterocycles. The van der Waals surface area contributed by atoms with E-state index in [-0.39, 0.29) is 24.1 Å². The lowest BCUT2D eigenvalue weighted by molar-refractivity contribution is 0.0186. The monoisotopic (exact) mass is 503 g/mol. The highest BCUT2D eigenvalue weighted by molar-refractivity contribution is 5.92. The molecule has 0 aromatic carbocycles. The summed E-state index contributed by atoms with van der Waals surface area (Å²) in [6, 6.07) is 3.98. The number of hydrogen-bond acceptors (Lipinski definition) is 7. The van der Waals surface area contributed by atoms with Crippen LogP contribution in [-0.2, 0) is 14.2 Å².